The third-order valence-electron chi connectivity index (χ3n) is 1.90. The molecule has 0 nitrogen and oxygen atoms in total. The van der Waals surface area contributed by atoms with Crippen molar-refractivity contribution in [3.05, 3.63) is 34.3 Å². The lowest BCUT2D eigenvalue weighted by molar-refractivity contribution is 0.138. The van der Waals surface area contributed by atoms with E-state index in [0.717, 1.165) is 11.1 Å². The molecule has 0 heterocycles. The molecule has 0 bridgehead atoms. The second-order valence-corrected chi connectivity index (χ2v) is 3.36. The summed E-state index contributed by atoms with van der Waals surface area (Å²) >= 11 is 5.93. The Hall–Kier alpha value is -0.630. The quantitative estimate of drug-likeness (QED) is 0.702. The van der Waals surface area contributed by atoms with Crippen LogP contribution in [0.25, 0.3) is 0 Å². The Morgan fingerprint density at radius 1 is 1.38 bits per heavy atom. The van der Waals surface area contributed by atoms with Crippen LogP contribution in [-0.2, 0) is 6.42 Å². The molecule has 0 aromatic heterocycles. The van der Waals surface area contributed by atoms with Crippen LogP contribution in [0.3, 0.4) is 0 Å². The molecular formula is C10H11ClF2. The van der Waals surface area contributed by atoms with E-state index >= 15 is 0 Å². The van der Waals surface area contributed by atoms with Gasteiger partial charge in [0.05, 0.1) is 0 Å². The lowest BCUT2D eigenvalue weighted by Gasteiger charge is -2.05. The highest BCUT2D eigenvalue weighted by Gasteiger charge is 2.06. The zero-order valence-corrected chi connectivity index (χ0v) is 8.11. The maximum atomic E-state index is 11.9. The van der Waals surface area contributed by atoms with Crippen LogP contribution in [0.1, 0.15) is 17.5 Å². The fourth-order valence-corrected chi connectivity index (χ4v) is 1.39. The van der Waals surface area contributed by atoms with Gasteiger partial charge >= 0.3 is 0 Å². The summed E-state index contributed by atoms with van der Waals surface area (Å²) in [5.41, 5.74) is 1.75. The molecule has 0 aliphatic carbocycles. The highest BCUT2D eigenvalue weighted by atomic mass is 35.5. The van der Waals surface area contributed by atoms with Crippen LogP contribution in [0.2, 0.25) is 5.02 Å². The van der Waals surface area contributed by atoms with Gasteiger partial charge in [-0.3, -0.25) is 0 Å². The first-order valence-corrected chi connectivity index (χ1v) is 4.51. The summed E-state index contributed by atoms with van der Waals surface area (Å²) in [4.78, 5) is 0. The maximum Gasteiger partial charge on any atom is 0.239 e. The summed E-state index contributed by atoms with van der Waals surface area (Å²) in [5, 5.41) is 0.614. The van der Waals surface area contributed by atoms with Gasteiger partial charge in [-0.05, 0) is 24.5 Å². The lowest BCUT2D eigenvalue weighted by atomic mass is 10.1. The van der Waals surface area contributed by atoms with Crippen molar-refractivity contribution in [2.45, 2.75) is 26.2 Å². The van der Waals surface area contributed by atoms with Gasteiger partial charge in [-0.25, -0.2) is 8.78 Å². The first kappa shape index (κ1) is 10.5. The first-order chi connectivity index (χ1) is 6.11. The summed E-state index contributed by atoms with van der Waals surface area (Å²) in [7, 11) is 0. The van der Waals surface area contributed by atoms with E-state index in [9.17, 15) is 8.78 Å². The van der Waals surface area contributed by atoms with Crippen molar-refractivity contribution in [2.24, 2.45) is 0 Å². The van der Waals surface area contributed by atoms with E-state index < -0.39 is 6.43 Å². The predicted molar refractivity (Wildman–Crippen MR) is 50.5 cm³/mol. The van der Waals surface area contributed by atoms with Gasteiger partial charge in [0.1, 0.15) is 0 Å². The van der Waals surface area contributed by atoms with Crippen LogP contribution in [-0.4, -0.2) is 6.43 Å². The summed E-state index contributed by atoms with van der Waals surface area (Å²) in [6, 6.07) is 5.49. The number of hydrogen-bond acceptors (Lipinski definition) is 0. The third-order valence-corrected chi connectivity index (χ3v) is 2.44. The van der Waals surface area contributed by atoms with Crippen molar-refractivity contribution < 1.29 is 8.78 Å². The molecular weight excluding hydrogens is 194 g/mol. The monoisotopic (exact) mass is 204 g/mol. The van der Waals surface area contributed by atoms with Gasteiger partial charge in [-0.15, -0.1) is 0 Å². The summed E-state index contributed by atoms with van der Waals surface area (Å²) in [6.07, 6.45) is -2.03. The zero-order valence-electron chi connectivity index (χ0n) is 7.36. The normalized spacial score (nSPS) is 10.8. The number of benzene rings is 1. The van der Waals surface area contributed by atoms with E-state index in [1.165, 1.54) is 0 Å². The number of aryl methyl sites for hydroxylation is 2. The van der Waals surface area contributed by atoms with Gasteiger partial charge in [-0.2, -0.15) is 0 Å². The average Bonchev–Trinajstić information content (AvgIpc) is 2.07. The van der Waals surface area contributed by atoms with Crippen LogP contribution >= 0.6 is 11.6 Å². The summed E-state index contributed by atoms with van der Waals surface area (Å²) in [5.74, 6) is 0. The molecule has 0 amide bonds. The summed E-state index contributed by atoms with van der Waals surface area (Å²) < 4.78 is 23.8. The molecule has 0 unspecified atom stereocenters. The van der Waals surface area contributed by atoms with Crippen LogP contribution in [0.4, 0.5) is 8.78 Å². The SMILES string of the molecule is Cc1cccc(CCC(F)F)c1Cl. The second kappa shape index (κ2) is 4.56. The fourth-order valence-electron chi connectivity index (χ4n) is 1.17. The van der Waals surface area contributed by atoms with E-state index in [2.05, 4.69) is 0 Å². The van der Waals surface area contributed by atoms with Crippen LogP contribution in [0.5, 0.6) is 0 Å². The highest BCUT2D eigenvalue weighted by molar-refractivity contribution is 6.32. The molecule has 72 valence electrons. The topological polar surface area (TPSA) is 0 Å². The largest absolute Gasteiger partial charge is 0.239 e. The second-order valence-electron chi connectivity index (χ2n) is 2.98. The number of hydrogen-bond donors (Lipinski definition) is 0. The van der Waals surface area contributed by atoms with E-state index in [1.807, 2.05) is 19.1 Å². The predicted octanol–water partition coefficient (Wildman–Crippen LogP) is 3.85. The Labute approximate surface area is 81.5 Å². The highest BCUT2D eigenvalue weighted by Crippen LogP contribution is 2.22. The van der Waals surface area contributed by atoms with E-state index in [0.29, 0.717) is 11.4 Å². The molecule has 3 heteroatoms. The van der Waals surface area contributed by atoms with E-state index in [4.69, 9.17) is 11.6 Å². The zero-order chi connectivity index (χ0) is 9.84. The van der Waals surface area contributed by atoms with Gasteiger partial charge in [-0.1, -0.05) is 29.8 Å². The molecule has 0 aliphatic rings. The van der Waals surface area contributed by atoms with Crippen molar-refractivity contribution in [1.29, 1.82) is 0 Å². The van der Waals surface area contributed by atoms with Crippen molar-refractivity contribution in [1.82, 2.24) is 0 Å². The first-order valence-electron chi connectivity index (χ1n) is 4.13. The van der Waals surface area contributed by atoms with E-state index in [1.54, 1.807) is 6.07 Å². The Kier molecular flexibility index (Phi) is 3.67. The van der Waals surface area contributed by atoms with Crippen molar-refractivity contribution in [3.63, 3.8) is 0 Å². The molecule has 0 N–H and O–H groups in total. The van der Waals surface area contributed by atoms with Gasteiger partial charge in [0.25, 0.3) is 0 Å². The standard InChI is InChI=1S/C10H11ClF2/c1-7-3-2-4-8(10(7)11)5-6-9(12)13/h2-4,9H,5-6H2,1H3. The molecule has 0 saturated carbocycles. The Morgan fingerprint density at radius 3 is 2.69 bits per heavy atom. The number of rotatable bonds is 3. The Balaban J connectivity index is 2.71. The molecule has 0 radical (unpaired) electrons. The number of halogens is 3. The van der Waals surface area contributed by atoms with Gasteiger partial charge in [0, 0.05) is 11.4 Å². The number of alkyl halides is 2. The molecule has 13 heavy (non-hydrogen) atoms. The minimum absolute atomic E-state index is 0.122. The molecule has 0 aliphatic heterocycles. The smallest absolute Gasteiger partial charge is 0.211 e. The maximum absolute atomic E-state index is 11.9. The van der Waals surface area contributed by atoms with Gasteiger partial charge in [0.2, 0.25) is 6.43 Å². The molecule has 0 fully saturated rings. The van der Waals surface area contributed by atoms with E-state index in [-0.39, 0.29) is 6.42 Å². The minimum atomic E-state index is -2.25. The molecule has 1 aromatic rings. The molecule has 0 spiro atoms. The molecule has 0 saturated heterocycles. The van der Waals surface area contributed by atoms with Crippen molar-refractivity contribution >= 4 is 11.6 Å². The van der Waals surface area contributed by atoms with Gasteiger partial charge < -0.3 is 0 Å². The Bertz CT molecular complexity index is 284. The molecule has 1 rings (SSSR count). The lowest BCUT2D eigenvalue weighted by Crippen LogP contribution is -1.95. The third kappa shape index (κ3) is 2.96. The summed E-state index contributed by atoms with van der Waals surface area (Å²) in [6.45, 7) is 1.87. The van der Waals surface area contributed by atoms with Crippen molar-refractivity contribution in [2.75, 3.05) is 0 Å². The minimum Gasteiger partial charge on any atom is -0.211 e. The Morgan fingerprint density at radius 2 is 2.08 bits per heavy atom. The molecule has 0 atom stereocenters. The molecule has 1 aromatic carbocycles. The van der Waals surface area contributed by atoms with Crippen molar-refractivity contribution in [3.8, 4) is 0 Å². The van der Waals surface area contributed by atoms with Crippen LogP contribution in [0.15, 0.2) is 18.2 Å². The fraction of sp³-hybridized carbons (Fsp3) is 0.400. The average molecular weight is 205 g/mol. The van der Waals surface area contributed by atoms with Crippen LogP contribution < -0.4 is 0 Å². The van der Waals surface area contributed by atoms with Gasteiger partial charge in [0.15, 0.2) is 0 Å². The van der Waals surface area contributed by atoms with Crippen LogP contribution in [0, 0.1) is 6.92 Å².